The van der Waals surface area contributed by atoms with Crippen molar-refractivity contribution < 1.29 is 22.3 Å². The SMILES string of the molecule is CC/C=C/C1CSC(c2ccc(-c3ccc(-c4ccc(OCC)c(F)c4F)c(F)c3F)cn2)SC1. The molecule has 0 atom stereocenters. The van der Waals surface area contributed by atoms with Crippen LogP contribution in [0.3, 0.4) is 0 Å². The van der Waals surface area contributed by atoms with Crippen LogP contribution in [0.2, 0.25) is 0 Å². The summed E-state index contributed by atoms with van der Waals surface area (Å²) < 4.78 is 64.0. The molecule has 1 aromatic heterocycles. The highest BCUT2D eigenvalue weighted by molar-refractivity contribution is 8.16. The molecule has 2 heterocycles. The van der Waals surface area contributed by atoms with Crippen molar-refractivity contribution in [3.05, 3.63) is 83.7 Å². The van der Waals surface area contributed by atoms with Gasteiger partial charge in [-0.2, -0.15) is 4.39 Å². The van der Waals surface area contributed by atoms with Crippen LogP contribution < -0.4 is 4.74 Å². The Morgan fingerprint density at radius 1 is 0.857 bits per heavy atom. The van der Waals surface area contributed by atoms with Gasteiger partial charge in [-0.1, -0.05) is 37.3 Å². The number of hydrogen-bond donors (Lipinski definition) is 0. The van der Waals surface area contributed by atoms with Gasteiger partial charge in [0.15, 0.2) is 23.2 Å². The minimum atomic E-state index is -1.29. The third-order valence-electron chi connectivity index (χ3n) is 5.63. The van der Waals surface area contributed by atoms with Gasteiger partial charge in [0.1, 0.15) is 0 Å². The van der Waals surface area contributed by atoms with Gasteiger partial charge in [-0.15, -0.1) is 23.5 Å². The van der Waals surface area contributed by atoms with Crippen molar-refractivity contribution in [2.24, 2.45) is 5.92 Å². The molecule has 0 spiro atoms. The molecule has 0 amide bonds. The summed E-state index contributed by atoms with van der Waals surface area (Å²) in [7, 11) is 0. The molecule has 4 rings (SSSR count). The zero-order valence-electron chi connectivity index (χ0n) is 19.4. The first-order valence-electron chi connectivity index (χ1n) is 11.4. The van der Waals surface area contributed by atoms with Crippen LogP contribution in [-0.2, 0) is 0 Å². The van der Waals surface area contributed by atoms with Gasteiger partial charge in [0.05, 0.1) is 16.9 Å². The Kier molecular flexibility index (Phi) is 8.44. The van der Waals surface area contributed by atoms with Crippen molar-refractivity contribution in [1.29, 1.82) is 0 Å². The summed E-state index contributed by atoms with van der Waals surface area (Å²) in [6.07, 6.45) is 7.01. The van der Waals surface area contributed by atoms with Gasteiger partial charge in [-0.25, -0.2) is 13.2 Å². The fourth-order valence-electron chi connectivity index (χ4n) is 3.82. The third kappa shape index (κ3) is 5.54. The lowest BCUT2D eigenvalue weighted by molar-refractivity contribution is 0.314. The van der Waals surface area contributed by atoms with E-state index in [-0.39, 0.29) is 33.6 Å². The summed E-state index contributed by atoms with van der Waals surface area (Å²) in [5.74, 6) is -2.62. The Morgan fingerprint density at radius 3 is 2.11 bits per heavy atom. The summed E-state index contributed by atoms with van der Waals surface area (Å²) in [4.78, 5) is 4.50. The van der Waals surface area contributed by atoms with Crippen molar-refractivity contribution in [2.75, 3.05) is 18.1 Å². The molecule has 1 saturated heterocycles. The van der Waals surface area contributed by atoms with Crippen LogP contribution in [0.15, 0.2) is 54.7 Å². The van der Waals surface area contributed by atoms with E-state index in [1.54, 1.807) is 13.0 Å². The standard InChI is InChI=1S/C27H25F4NOS2/c1-3-5-6-16-14-34-27(35-15-16)21-11-7-17(13-32-21)18-8-9-19(24(29)23(18)28)20-10-12-22(33-4-2)26(31)25(20)30/h5-13,16,27H,3-4,14-15H2,1-2H3/b6-5+. The first kappa shape index (κ1) is 25.6. The van der Waals surface area contributed by atoms with Crippen LogP contribution in [0.4, 0.5) is 17.6 Å². The van der Waals surface area contributed by atoms with Gasteiger partial charge < -0.3 is 4.74 Å². The smallest absolute Gasteiger partial charge is 0.201 e. The molecule has 8 heteroatoms. The molecule has 0 bridgehead atoms. The molecule has 2 nitrogen and oxygen atoms in total. The van der Waals surface area contributed by atoms with Gasteiger partial charge in [0.2, 0.25) is 5.82 Å². The third-order valence-corrected chi connectivity index (χ3v) is 8.77. The Morgan fingerprint density at radius 2 is 1.49 bits per heavy atom. The van der Waals surface area contributed by atoms with Crippen molar-refractivity contribution in [3.8, 4) is 28.0 Å². The second-order valence-electron chi connectivity index (χ2n) is 8.03. The Hall–Kier alpha value is -2.45. The Bertz CT molecular complexity index is 1210. The summed E-state index contributed by atoms with van der Waals surface area (Å²) in [5.41, 5.74) is 0.555. The second kappa shape index (κ2) is 11.5. The van der Waals surface area contributed by atoms with E-state index in [1.165, 1.54) is 30.5 Å². The summed E-state index contributed by atoms with van der Waals surface area (Å²) >= 11 is 3.66. The monoisotopic (exact) mass is 519 g/mol. The second-order valence-corrected chi connectivity index (χ2v) is 10.6. The van der Waals surface area contributed by atoms with Gasteiger partial charge >= 0.3 is 0 Å². The van der Waals surface area contributed by atoms with Crippen LogP contribution in [0.25, 0.3) is 22.3 Å². The van der Waals surface area contributed by atoms with E-state index >= 15 is 4.39 Å². The summed E-state index contributed by atoms with van der Waals surface area (Å²) in [5, 5.41) is 0. The highest BCUT2D eigenvalue weighted by Crippen LogP contribution is 2.45. The van der Waals surface area contributed by atoms with Crippen LogP contribution >= 0.6 is 23.5 Å². The van der Waals surface area contributed by atoms with Gasteiger partial charge in [-0.3, -0.25) is 4.98 Å². The van der Waals surface area contributed by atoms with Crippen molar-refractivity contribution >= 4 is 23.5 Å². The molecule has 0 aliphatic carbocycles. The van der Waals surface area contributed by atoms with E-state index in [2.05, 4.69) is 24.1 Å². The maximum Gasteiger partial charge on any atom is 0.201 e. The quantitative estimate of drug-likeness (QED) is 0.231. The van der Waals surface area contributed by atoms with Crippen LogP contribution in [0.5, 0.6) is 5.75 Å². The number of rotatable bonds is 7. The number of allylic oxidation sites excluding steroid dienone is 2. The van der Waals surface area contributed by atoms with E-state index in [4.69, 9.17) is 4.74 Å². The van der Waals surface area contributed by atoms with Crippen LogP contribution in [-0.4, -0.2) is 23.1 Å². The molecule has 0 N–H and O–H groups in total. The summed E-state index contributed by atoms with van der Waals surface area (Å²) in [6, 6.07) is 8.52. The molecule has 1 aliphatic heterocycles. The van der Waals surface area contributed by atoms with E-state index in [0.717, 1.165) is 23.6 Å². The number of halogens is 4. The predicted octanol–water partition coefficient (Wildman–Crippen LogP) is 8.43. The fraction of sp³-hybridized carbons (Fsp3) is 0.296. The van der Waals surface area contributed by atoms with Gasteiger partial charge in [0.25, 0.3) is 0 Å². The first-order valence-corrected chi connectivity index (χ1v) is 13.5. The van der Waals surface area contributed by atoms with E-state index < -0.39 is 23.3 Å². The number of pyridine rings is 1. The predicted molar refractivity (Wildman–Crippen MR) is 137 cm³/mol. The molecule has 0 radical (unpaired) electrons. The zero-order chi connectivity index (χ0) is 24.9. The minimum Gasteiger partial charge on any atom is -0.491 e. The molecule has 0 unspecified atom stereocenters. The van der Waals surface area contributed by atoms with Crippen molar-refractivity contribution in [1.82, 2.24) is 4.98 Å². The van der Waals surface area contributed by atoms with Gasteiger partial charge in [-0.05, 0) is 37.5 Å². The van der Waals surface area contributed by atoms with Crippen molar-refractivity contribution in [3.63, 3.8) is 0 Å². The van der Waals surface area contributed by atoms with E-state index in [0.29, 0.717) is 11.5 Å². The molecular formula is C27H25F4NOS2. The van der Waals surface area contributed by atoms with Crippen molar-refractivity contribution in [2.45, 2.75) is 24.9 Å². The number of nitrogens with zero attached hydrogens (tertiary/aromatic N) is 1. The molecule has 3 aromatic rings. The lowest BCUT2D eigenvalue weighted by Gasteiger charge is -2.25. The highest BCUT2D eigenvalue weighted by Gasteiger charge is 2.24. The molecule has 35 heavy (non-hydrogen) atoms. The van der Waals surface area contributed by atoms with Crippen LogP contribution in [0.1, 0.15) is 30.5 Å². The van der Waals surface area contributed by atoms with E-state index in [9.17, 15) is 13.2 Å². The zero-order valence-corrected chi connectivity index (χ0v) is 21.0. The molecule has 0 saturated carbocycles. The average Bonchev–Trinajstić information content (AvgIpc) is 2.88. The number of thioether (sulfide) groups is 2. The molecule has 1 fully saturated rings. The average molecular weight is 520 g/mol. The molecular weight excluding hydrogens is 494 g/mol. The Balaban J connectivity index is 1.55. The number of ether oxygens (including phenoxy) is 1. The lowest BCUT2D eigenvalue weighted by Crippen LogP contribution is -2.12. The first-order chi connectivity index (χ1) is 16.9. The summed E-state index contributed by atoms with van der Waals surface area (Å²) in [6.45, 7) is 3.90. The maximum absolute atomic E-state index is 15.0. The number of benzene rings is 2. The van der Waals surface area contributed by atoms with Gasteiger partial charge in [0, 0.05) is 40.0 Å². The molecule has 2 aromatic carbocycles. The molecule has 184 valence electrons. The lowest BCUT2D eigenvalue weighted by atomic mass is 9.99. The van der Waals surface area contributed by atoms with Crippen LogP contribution in [0, 0.1) is 29.2 Å². The normalized spacial score (nSPS) is 18.2. The largest absolute Gasteiger partial charge is 0.491 e. The Labute approximate surface area is 211 Å². The molecule has 1 aliphatic rings. The number of aromatic nitrogens is 1. The fourth-order valence-corrected chi connectivity index (χ4v) is 6.75. The minimum absolute atomic E-state index is 0.00540. The maximum atomic E-state index is 15.0. The highest BCUT2D eigenvalue weighted by atomic mass is 32.2. The number of hydrogen-bond acceptors (Lipinski definition) is 4. The topological polar surface area (TPSA) is 22.1 Å². The van der Waals surface area contributed by atoms with E-state index in [1.807, 2.05) is 29.6 Å².